The maximum Gasteiger partial charge on any atom is 0.328 e. The molecule has 3 aromatic carbocycles. The number of aromatic nitrogens is 5. The third-order valence-electron chi connectivity index (χ3n) is 12.9. The lowest BCUT2D eigenvalue weighted by Crippen LogP contribution is -2.49. The molecule has 0 unspecified atom stereocenters. The van der Waals surface area contributed by atoms with Gasteiger partial charge in [-0.15, -0.1) is 0 Å². The molecule has 0 spiro atoms. The van der Waals surface area contributed by atoms with Crippen molar-refractivity contribution < 1.29 is 28.4 Å². The minimum atomic E-state index is -0.687. The molecule has 0 saturated carbocycles. The third kappa shape index (κ3) is 8.48. The number of hydrogen-bond acceptors (Lipinski definition) is 12. The standard InChI is InChI=1S/C47H54FN11O5/c1-27-20-35-37(23-38(27)58-18-16-56(17-19-58)24-29-10-13-57(14-11-29)31-6-8-32(9-7-31)59-15-12-39(61)53-46(59)63)52-42-40(35)41(49-26-50-42)34-21-30(25-60)33(22-36(34)48)28(2)51-43(62)44-54-45(55-64-44)47(3,4)5/h6-9,20-23,26,28-29,60H,10-19,24-25H2,1-5H3,(H,51,62)(H,49,50,52)(H,53,61,63)/t28-/m1/s1. The summed E-state index contributed by atoms with van der Waals surface area (Å²) in [5.74, 6) is -0.558. The molecular formula is C47H54FN11O5. The molecule has 3 aliphatic rings. The lowest BCUT2D eigenvalue weighted by molar-refractivity contribution is -0.120. The maximum absolute atomic E-state index is 16.2. The van der Waals surface area contributed by atoms with Crippen LogP contribution in [0, 0.1) is 18.7 Å². The fourth-order valence-corrected chi connectivity index (χ4v) is 9.29. The van der Waals surface area contributed by atoms with Crippen LogP contribution in [0.5, 0.6) is 0 Å². The van der Waals surface area contributed by atoms with Crippen molar-refractivity contribution in [1.29, 1.82) is 0 Å². The number of benzene rings is 3. The van der Waals surface area contributed by atoms with Crippen LogP contribution in [0.4, 0.5) is 26.2 Å². The van der Waals surface area contributed by atoms with E-state index in [2.05, 4.69) is 81.6 Å². The van der Waals surface area contributed by atoms with Crippen molar-refractivity contribution in [2.24, 2.45) is 5.92 Å². The van der Waals surface area contributed by atoms with E-state index < -0.39 is 23.2 Å². The van der Waals surface area contributed by atoms with Crippen LogP contribution in [-0.4, -0.2) is 105 Å². The van der Waals surface area contributed by atoms with E-state index in [4.69, 9.17) is 4.52 Å². The SMILES string of the molecule is Cc1cc2c(cc1N1CCN(CC3CCN(c4ccc(N5CCC(=O)NC5=O)cc4)CC3)CC1)[nH]c1ncnc(-c3cc(CO)c([C@@H](C)NC(=O)c4nc(C(C)(C)C)no4)cc3F)c12. The summed E-state index contributed by atoms with van der Waals surface area (Å²) in [6.45, 7) is 16.3. The zero-order chi connectivity index (χ0) is 44.9. The average Bonchev–Trinajstić information content (AvgIpc) is 3.93. The summed E-state index contributed by atoms with van der Waals surface area (Å²) < 4.78 is 21.4. The maximum atomic E-state index is 16.2. The van der Waals surface area contributed by atoms with Crippen LogP contribution in [0.25, 0.3) is 33.2 Å². The van der Waals surface area contributed by atoms with Gasteiger partial charge in [-0.3, -0.25) is 24.7 Å². The first kappa shape index (κ1) is 42.8. The molecule has 3 saturated heterocycles. The summed E-state index contributed by atoms with van der Waals surface area (Å²) in [5.41, 5.74) is 6.71. The summed E-state index contributed by atoms with van der Waals surface area (Å²) in [7, 11) is 0. The van der Waals surface area contributed by atoms with Gasteiger partial charge in [0.15, 0.2) is 5.82 Å². The molecule has 3 aromatic heterocycles. The Morgan fingerprint density at radius 3 is 2.39 bits per heavy atom. The number of anilines is 3. The van der Waals surface area contributed by atoms with Crippen LogP contribution in [0.1, 0.15) is 86.2 Å². The van der Waals surface area contributed by atoms with Crippen LogP contribution in [0.15, 0.2) is 59.4 Å². The first-order chi connectivity index (χ1) is 30.7. The number of rotatable bonds is 10. The van der Waals surface area contributed by atoms with E-state index in [1.165, 1.54) is 12.4 Å². The minimum Gasteiger partial charge on any atom is -0.392 e. The predicted octanol–water partition coefficient (Wildman–Crippen LogP) is 6.37. The largest absolute Gasteiger partial charge is 0.392 e. The Morgan fingerprint density at radius 1 is 0.969 bits per heavy atom. The number of aliphatic hydroxyl groups excluding tert-OH is 1. The molecule has 9 rings (SSSR count). The van der Waals surface area contributed by atoms with E-state index >= 15 is 4.39 Å². The molecule has 1 atom stereocenters. The summed E-state index contributed by atoms with van der Waals surface area (Å²) in [5, 5.41) is 21.1. The van der Waals surface area contributed by atoms with Gasteiger partial charge in [0, 0.05) is 97.7 Å². The molecule has 0 bridgehead atoms. The molecule has 4 amide bonds. The van der Waals surface area contributed by atoms with E-state index in [1.807, 2.05) is 32.9 Å². The second kappa shape index (κ2) is 17.3. The van der Waals surface area contributed by atoms with Gasteiger partial charge in [-0.2, -0.15) is 4.98 Å². The van der Waals surface area contributed by atoms with Crippen LogP contribution < -0.4 is 25.3 Å². The van der Waals surface area contributed by atoms with E-state index in [9.17, 15) is 19.5 Å². The number of nitrogens with one attached hydrogen (secondary N) is 3. The highest BCUT2D eigenvalue weighted by Crippen LogP contribution is 2.38. The highest BCUT2D eigenvalue weighted by Gasteiger charge is 2.29. The van der Waals surface area contributed by atoms with Gasteiger partial charge < -0.3 is 29.7 Å². The quantitative estimate of drug-likeness (QED) is 0.119. The summed E-state index contributed by atoms with van der Waals surface area (Å²) in [4.78, 5) is 62.7. The number of carbonyl (C=O) groups is 3. The number of piperidine rings is 1. The van der Waals surface area contributed by atoms with Gasteiger partial charge >= 0.3 is 17.8 Å². The second-order valence-corrected chi connectivity index (χ2v) is 18.3. The van der Waals surface area contributed by atoms with Gasteiger partial charge in [-0.1, -0.05) is 25.9 Å². The summed E-state index contributed by atoms with van der Waals surface area (Å²) >= 11 is 0. The Morgan fingerprint density at radius 2 is 1.70 bits per heavy atom. The van der Waals surface area contributed by atoms with Gasteiger partial charge in [0.25, 0.3) is 0 Å². The van der Waals surface area contributed by atoms with Gasteiger partial charge in [0.1, 0.15) is 17.8 Å². The first-order valence-electron chi connectivity index (χ1n) is 22.0. The number of piperazine rings is 1. The number of carbonyl (C=O) groups excluding carboxylic acids is 3. The van der Waals surface area contributed by atoms with E-state index in [1.54, 1.807) is 17.9 Å². The molecule has 4 N–H and O–H groups in total. The molecule has 64 heavy (non-hydrogen) atoms. The van der Waals surface area contributed by atoms with E-state index in [-0.39, 0.29) is 30.0 Å². The Balaban J connectivity index is 0.840. The number of aliphatic hydroxyl groups is 1. The van der Waals surface area contributed by atoms with Crippen LogP contribution in [0.3, 0.4) is 0 Å². The Kier molecular flexibility index (Phi) is 11.5. The summed E-state index contributed by atoms with van der Waals surface area (Å²) in [6, 6.07) is 14.2. The monoisotopic (exact) mass is 871 g/mol. The number of aromatic amines is 1. The number of aryl methyl sites for hydroxylation is 1. The van der Waals surface area contributed by atoms with E-state index in [0.29, 0.717) is 52.6 Å². The van der Waals surface area contributed by atoms with Crippen LogP contribution >= 0.6 is 0 Å². The second-order valence-electron chi connectivity index (χ2n) is 18.3. The van der Waals surface area contributed by atoms with Crippen molar-refractivity contribution in [1.82, 2.24) is 40.6 Å². The fraction of sp³-hybridized carbons (Fsp3) is 0.426. The molecule has 17 heteroatoms. The number of nitrogens with zero attached hydrogens (tertiary/aromatic N) is 8. The molecule has 0 aliphatic carbocycles. The zero-order valence-corrected chi connectivity index (χ0v) is 36.9. The third-order valence-corrected chi connectivity index (χ3v) is 12.9. The molecule has 3 fully saturated rings. The first-order valence-corrected chi connectivity index (χ1v) is 22.0. The van der Waals surface area contributed by atoms with Crippen molar-refractivity contribution in [2.75, 3.05) is 67.1 Å². The van der Waals surface area contributed by atoms with Gasteiger partial charge in [-0.25, -0.2) is 19.2 Å². The van der Waals surface area contributed by atoms with Crippen molar-refractivity contribution in [3.63, 3.8) is 0 Å². The Bertz CT molecular complexity index is 2730. The van der Waals surface area contributed by atoms with Gasteiger partial charge in [-0.05, 0) is 97.8 Å². The normalized spacial score (nSPS) is 17.4. The van der Waals surface area contributed by atoms with Gasteiger partial charge in [0.05, 0.1) is 23.7 Å². The number of H-pyrrole nitrogens is 1. The Labute approximate surface area is 370 Å². The Hall–Kier alpha value is -6.46. The number of imide groups is 1. The minimum absolute atomic E-state index is 0.193. The predicted molar refractivity (Wildman–Crippen MR) is 242 cm³/mol. The molecule has 6 heterocycles. The molecule has 6 aromatic rings. The van der Waals surface area contributed by atoms with E-state index in [0.717, 1.165) is 92.2 Å². The molecule has 334 valence electrons. The number of hydrogen-bond donors (Lipinski definition) is 4. The van der Waals surface area contributed by atoms with Crippen molar-refractivity contribution in [3.05, 3.63) is 89.1 Å². The summed E-state index contributed by atoms with van der Waals surface area (Å²) in [6.07, 6.45) is 3.96. The topological polar surface area (TPSA) is 189 Å². The molecular weight excluding hydrogens is 818 g/mol. The number of fused-ring (bicyclic) bond motifs is 3. The number of urea groups is 1. The van der Waals surface area contributed by atoms with Crippen molar-refractivity contribution in [2.45, 2.75) is 71.9 Å². The smallest absolute Gasteiger partial charge is 0.328 e. The lowest BCUT2D eigenvalue weighted by Gasteiger charge is -2.40. The lowest BCUT2D eigenvalue weighted by atomic mass is 9.95. The van der Waals surface area contributed by atoms with Gasteiger partial charge in [0.2, 0.25) is 5.91 Å². The van der Waals surface area contributed by atoms with Crippen molar-refractivity contribution in [3.8, 4) is 11.3 Å². The average molecular weight is 872 g/mol. The molecule has 16 nitrogen and oxygen atoms in total. The fourth-order valence-electron chi connectivity index (χ4n) is 9.29. The molecule has 0 radical (unpaired) electrons. The van der Waals surface area contributed by atoms with Crippen molar-refractivity contribution >= 4 is 56.8 Å². The van der Waals surface area contributed by atoms with Crippen LogP contribution in [0.2, 0.25) is 0 Å². The molecule has 3 aliphatic heterocycles. The number of halogens is 1. The highest BCUT2D eigenvalue weighted by molar-refractivity contribution is 6.13. The zero-order valence-electron chi connectivity index (χ0n) is 36.9. The van der Waals surface area contributed by atoms with Crippen LogP contribution in [-0.2, 0) is 16.8 Å². The number of amides is 4. The highest BCUT2D eigenvalue weighted by atomic mass is 19.1.